The van der Waals surface area contributed by atoms with E-state index in [0.29, 0.717) is 24.3 Å². The maximum atomic E-state index is 11.2. The van der Waals surface area contributed by atoms with Crippen LogP contribution in [0.3, 0.4) is 0 Å². The third kappa shape index (κ3) is 1.89. The minimum atomic E-state index is -1.21. The van der Waals surface area contributed by atoms with E-state index in [9.17, 15) is 10.2 Å². The minimum Gasteiger partial charge on any atom is -0.461 e. The minimum absolute atomic E-state index is 0.418. The molecule has 25 heavy (non-hydrogen) atoms. The first-order chi connectivity index (χ1) is 11.9. The highest BCUT2D eigenvalue weighted by atomic mass is 16.7. The summed E-state index contributed by atoms with van der Waals surface area (Å²) in [6.07, 6.45) is -1.14. The van der Waals surface area contributed by atoms with Crippen molar-refractivity contribution in [1.82, 2.24) is 0 Å². The number of hydrogen-bond donors (Lipinski definition) is 2. The Morgan fingerprint density at radius 2 is 1.56 bits per heavy atom. The SMILES string of the molecule is Cc1ccc2c(c1)O[C@@H]1O[C@]3(CC[C@]21O)c1ccc(C)cc1O[C@@H]3O. The number of hydrogen-bond acceptors (Lipinski definition) is 5. The standard InChI is InChI=1S/C20H20O5/c1-11-3-5-13-15(9-11)24-18-19(13,22)7-8-20(25-18)14-6-4-12(2)10-16(14)23-17(20)21/h3-6,9-10,17-18,21-22H,7-8H2,1-2H3/t17-,18+,19-,20+/m0/s1. The molecule has 5 heteroatoms. The zero-order valence-electron chi connectivity index (χ0n) is 14.2. The van der Waals surface area contributed by atoms with Gasteiger partial charge in [-0.05, 0) is 49.9 Å². The van der Waals surface area contributed by atoms with Crippen LogP contribution in [0, 0.1) is 13.8 Å². The highest BCUT2D eigenvalue weighted by Crippen LogP contribution is 2.57. The van der Waals surface area contributed by atoms with Gasteiger partial charge < -0.3 is 24.4 Å². The molecule has 3 heterocycles. The van der Waals surface area contributed by atoms with Crippen LogP contribution in [0.5, 0.6) is 11.5 Å². The summed E-state index contributed by atoms with van der Waals surface area (Å²) in [7, 11) is 0. The molecule has 130 valence electrons. The quantitative estimate of drug-likeness (QED) is 0.772. The Bertz CT molecular complexity index is 878. The van der Waals surface area contributed by atoms with E-state index in [1.165, 1.54) is 0 Å². The average molecular weight is 340 g/mol. The number of aliphatic hydroxyl groups excluding tert-OH is 1. The average Bonchev–Trinajstić information content (AvgIpc) is 2.99. The van der Waals surface area contributed by atoms with E-state index in [-0.39, 0.29) is 0 Å². The predicted molar refractivity (Wildman–Crippen MR) is 89.3 cm³/mol. The molecule has 0 saturated carbocycles. The van der Waals surface area contributed by atoms with Crippen molar-refractivity contribution < 1.29 is 24.4 Å². The largest absolute Gasteiger partial charge is 0.461 e. The first-order valence-electron chi connectivity index (χ1n) is 8.56. The van der Waals surface area contributed by atoms with Crippen LogP contribution in [0.15, 0.2) is 36.4 Å². The molecule has 0 amide bonds. The molecule has 3 aliphatic heterocycles. The first kappa shape index (κ1) is 15.2. The molecule has 1 saturated heterocycles. The molecule has 1 fully saturated rings. The Morgan fingerprint density at radius 1 is 0.920 bits per heavy atom. The number of rotatable bonds is 0. The zero-order chi connectivity index (χ0) is 17.4. The molecule has 2 N–H and O–H groups in total. The fraction of sp³-hybridized carbons (Fsp3) is 0.400. The van der Waals surface area contributed by atoms with Crippen LogP contribution in [0.2, 0.25) is 0 Å². The molecular formula is C20H20O5. The molecule has 0 aliphatic carbocycles. The van der Waals surface area contributed by atoms with Gasteiger partial charge in [-0.25, -0.2) is 0 Å². The van der Waals surface area contributed by atoms with Crippen LogP contribution in [0.1, 0.15) is 35.1 Å². The van der Waals surface area contributed by atoms with Crippen molar-refractivity contribution in [2.75, 3.05) is 0 Å². The van der Waals surface area contributed by atoms with Gasteiger partial charge in [0.25, 0.3) is 0 Å². The maximum Gasteiger partial charge on any atom is 0.234 e. The molecular weight excluding hydrogens is 320 g/mol. The lowest BCUT2D eigenvalue weighted by molar-refractivity contribution is -0.315. The second kappa shape index (κ2) is 4.75. The Morgan fingerprint density at radius 3 is 2.28 bits per heavy atom. The fourth-order valence-corrected chi connectivity index (χ4v) is 4.23. The molecule has 2 aromatic carbocycles. The number of aliphatic hydroxyl groups is 2. The second-order valence-corrected chi connectivity index (χ2v) is 7.35. The van der Waals surface area contributed by atoms with Crippen LogP contribution in [-0.2, 0) is 15.9 Å². The lowest BCUT2D eigenvalue weighted by Crippen LogP contribution is -2.55. The van der Waals surface area contributed by atoms with Crippen molar-refractivity contribution in [1.29, 1.82) is 0 Å². The first-order valence-corrected chi connectivity index (χ1v) is 8.56. The normalized spacial score (nSPS) is 34.9. The summed E-state index contributed by atoms with van der Waals surface area (Å²) in [5.74, 6) is 1.27. The number of benzene rings is 2. The zero-order valence-corrected chi connectivity index (χ0v) is 14.2. The maximum absolute atomic E-state index is 11.2. The molecule has 0 unspecified atom stereocenters. The van der Waals surface area contributed by atoms with Gasteiger partial charge in [0.15, 0.2) is 11.2 Å². The highest BCUT2D eigenvalue weighted by Gasteiger charge is 2.62. The fourth-order valence-electron chi connectivity index (χ4n) is 4.23. The Hall–Kier alpha value is -2.08. The van der Waals surface area contributed by atoms with E-state index in [1.54, 1.807) is 0 Å². The third-order valence-corrected chi connectivity index (χ3v) is 5.65. The van der Waals surface area contributed by atoms with E-state index in [0.717, 1.165) is 22.3 Å². The highest BCUT2D eigenvalue weighted by molar-refractivity contribution is 5.48. The van der Waals surface area contributed by atoms with Crippen molar-refractivity contribution in [3.63, 3.8) is 0 Å². The van der Waals surface area contributed by atoms with E-state index in [1.807, 2.05) is 50.2 Å². The van der Waals surface area contributed by atoms with Gasteiger partial charge in [0.05, 0.1) is 0 Å². The monoisotopic (exact) mass is 340 g/mol. The van der Waals surface area contributed by atoms with Gasteiger partial charge in [0.2, 0.25) is 12.6 Å². The van der Waals surface area contributed by atoms with Crippen molar-refractivity contribution in [3.8, 4) is 11.5 Å². The van der Waals surface area contributed by atoms with Crippen LogP contribution >= 0.6 is 0 Å². The lowest BCUT2D eigenvalue weighted by Gasteiger charge is -2.43. The molecule has 0 bridgehead atoms. The molecule has 2 aromatic rings. The smallest absolute Gasteiger partial charge is 0.234 e. The van der Waals surface area contributed by atoms with Gasteiger partial charge >= 0.3 is 0 Å². The van der Waals surface area contributed by atoms with Gasteiger partial charge in [-0.3, -0.25) is 0 Å². The van der Waals surface area contributed by atoms with Gasteiger partial charge in [-0.2, -0.15) is 0 Å². The van der Waals surface area contributed by atoms with E-state index in [4.69, 9.17) is 14.2 Å². The molecule has 3 aliphatic rings. The molecule has 4 atom stereocenters. The predicted octanol–water partition coefficient (Wildman–Crippen LogP) is 2.63. The van der Waals surface area contributed by atoms with Gasteiger partial charge in [-0.15, -0.1) is 0 Å². The summed E-state index contributed by atoms with van der Waals surface area (Å²) >= 11 is 0. The van der Waals surface area contributed by atoms with Gasteiger partial charge in [0, 0.05) is 11.1 Å². The Labute approximate surface area is 145 Å². The summed E-state index contributed by atoms with van der Waals surface area (Å²) in [6, 6.07) is 11.5. The van der Waals surface area contributed by atoms with Crippen molar-refractivity contribution >= 4 is 0 Å². The van der Waals surface area contributed by atoms with Crippen molar-refractivity contribution in [2.45, 2.75) is 50.5 Å². The van der Waals surface area contributed by atoms with E-state index >= 15 is 0 Å². The van der Waals surface area contributed by atoms with Crippen LogP contribution in [0.4, 0.5) is 0 Å². The van der Waals surface area contributed by atoms with Crippen molar-refractivity contribution in [2.24, 2.45) is 0 Å². The van der Waals surface area contributed by atoms with Crippen LogP contribution in [0.25, 0.3) is 0 Å². The Balaban J connectivity index is 1.56. The van der Waals surface area contributed by atoms with E-state index in [2.05, 4.69) is 0 Å². The van der Waals surface area contributed by atoms with Crippen LogP contribution in [-0.4, -0.2) is 22.8 Å². The summed E-state index contributed by atoms with van der Waals surface area (Å²) in [6.45, 7) is 3.95. The van der Waals surface area contributed by atoms with Gasteiger partial charge in [-0.1, -0.05) is 24.3 Å². The summed E-state index contributed by atoms with van der Waals surface area (Å²) < 4.78 is 17.8. The third-order valence-electron chi connectivity index (χ3n) is 5.65. The number of aryl methyl sites for hydroxylation is 2. The van der Waals surface area contributed by atoms with Crippen molar-refractivity contribution in [3.05, 3.63) is 58.7 Å². The molecule has 0 radical (unpaired) electrons. The number of fused-ring (bicyclic) bond motifs is 5. The molecule has 0 aromatic heterocycles. The molecule has 5 rings (SSSR count). The van der Waals surface area contributed by atoms with Gasteiger partial charge in [0.1, 0.15) is 11.5 Å². The summed E-state index contributed by atoms with van der Waals surface area (Å²) in [4.78, 5) is 0. The number of ether oxygens (including phenoxy) is 3. The second-order valence-electron chi connectivity index (χ2n) is 7.35. The summed E-state index contributed by atoms with van der Waals surface area (Å²) in [5.41, 5.74) is 1.44. The Kier molecular flexibility index (Phi) is 2.89. The van der Waals surface area contributed by atoms with E-state index < -0.39 is 23.8 Å². The molecule has 1 spiro atoms. The molecule has 5 nitrogen and oxygen atoms in total. The topological polar surface area (TPSA) is 68.2 Å². The lowest BCUT2D eigenvalue weighted by atomic mass is 9.78. The summed E-state index contributed by atoms with van der Waals surface area (Å²) in [5, 5.41) is 21.8. The van der Waals surface area contributed by atoms with Crippen LogP contribution < -0.4 is 9.47 Å².